The molecule has 0 bridgehead atoms. The second-order valence-corrected chi connectivity index (χ2v) is 3.73. The van der Waals surface area contributed by atoms with Crippen LogP contribution >= 0.6 is 0 Å². The molecule has 0 aromatic rings. The van der Waals surface area contributed by atoms with Crippen LogP contribution in [0.3, 0.4) is 0 Å². The van der Waals surface area contributed by atoms with Gasteiger partial charge in [-0.25, -0.2) is 0 Å². The molecule has 11 heavy (non-hydrogen) atoms. The van der Waals surface area contributed by atoms with Crippen molar-refractivity contribution in [2.24, 2.45) is 11.7 Å². The maximum Gasteiger partial charge on any atom is 0.223 e. The number of carbonyl (C=O) groups excluding carboxylic acids is 1. The number of amides is 1. The lowest BCUT2D eigenvalue weighted by atomic mass is 10.0. The van der Waals surface area contributed by atoms with Crippen molar-refractivity contribution in [1.82, 2.24) is 5.32 Å². The summed E-state index contributed by atoms with van der Waals surface area (Å²) in [6, 6.07) is 0. The normalized spacial score (nSPS) is 11.8. The molecule has 0 aliphatic rings. The lowest BCUT2D eigenvalue weighted by molar-refractivity contribution is -0.125. The third kappa shape index (κ3) is 3.98. The van der Waals surface area contributed by atoms with Gasteiger partial charge in [0.2, 0.25) is 5.91 Å². The van der Waals surface area contributed by atoms with Crippen molar-refractivity contribution in [1.29, 1.82) is 0 Å². The van der Waals surface area contributed by atoms with E-state index in [2.05, 4.69) is 5.32 Å². The molecule has 3 N–H and O–H groups in total. The molecule has 0 fully saturated rings. The van der Waals surface area contributed by atoms with Gasteiger partial charge >= 0.3 is 0 Å². The summed E-state index contributed by atoms with van der Waals surface area (Å²) in [6.45, 7) is 8.01. The van der Waals surface area contributed by atoms with Crippen LogP contribution in [-0.4, -0.2) is 18.0 Å². The number of hydrogen-bond donors (Lipinski definition) is 2. The van der Waals surface area contributed by atoms with E-state index >= 15 is 0 Å². The molecule has 3 nitrogen and oxygen atoms in total. The SMILES string of the molecule is CC(C)C(=O)NC(C)(C)CN. The Morgan fingerprint density at radius 2 is 2.00 bits per heavy atom. The van der Waals surface area contributed by atoms with E-state index in [1.807, 2.05) is 27.7 Å². The molecule has 0 saturated carbocycles. The van der Waals surface area contributed by atoms with E-state index in [9.17, 15) is 4.79 Å². The van der Waals surface area contributed by atoms with Crippen LogP contribution in [0, 0.1) is 5.92 Å². The average molecular weight is 158 g/mol. The summed E-state index contributed by atoms with van der Waals surface area (Å²) in [5, 5.41) is 2.84. The Bertz CT molecular complexity index is 141. The molecule has 0 radical (unpaired) electrons. The second-order valence-electron chi connectivity index (χ2n) is 3.73. The summed E-state index contributed by atoms with van der Waals surface area (Å²) in [5.41, 5.74) is 5.16. The van der Waals surface area contributed by atoms with Gasteiger partial charge in [0.05, 0.1) is 0 Å². The Kier molecular flexibility index (Phi) is 3.52. The summed E-state index contributed by atoms with van der Waals surface area (Å²) in [5.74, 6) is 0.0845. The molecule has 0 unspecified atom stereocenters. The molecule has 0 atom stereocenters. The molecule has 1 amide bonds. The highest BCUT2D eigenvalue weighted by Crippen LogP contribution is 2.01. The minimum absolute atomic E-state index is 0.0285. The van der Waals surface area contributed by atoms with Crippen LogP contribution in [0.4, 0.5) is 0 Å². The maximum absolute atomic E-state index is 11.2. The van der Waals surface area contributed by atoms with Gasteiger partial charge in [-0.1, -0.05) is 13.8 Å². The van der Waals surface area contributed by atoms with Crippen molar-refractivity contribution in [3.8, 4) is 0 Å². The number of carbonyl (C=O) groups is 1. The molecule has 0 spiro atoms. The van der Waals surface area contributed by atoms with Crippen LogP contribution in [0.15, 0.2) is 0 Å². The smallest absolute Gasteiger partial charge is 0.223 e. The van der Waals surface area contributed by atoms with E-state index in [0.717, 1.165) is 0 Å². The molecule has 0 aliphatic heterocycles. The summed E-state index contributed by atoms with van der Waals surface area (Å²) in [7, 11) is 0. The maximum atomic E-state index is 11.2. The molecule has 3 heteroatoms. The highest BCUT2D eigenvalue weighted by molar-refractivity contribution is 5.78. The van der Waals surface area contributed by atoms with Crippen LogP contribution in [0.5, 0.6) is 0 Å². The topological polar surface area (TPSA) is 55.1 Å². The van der Waals surface area contributed by atoms with Gasteiger partial charge in [0.1, 0.15) is 0 Å². The lowest BCUT2D eigenvalue weighted by Crippen LogP contribution is -2.50. The van der Waals surface area contributed by atoms with Crippen molar-refractivity contribution < 1.29 is 4.79 Å². The minimum atomic E-state index is -0.276. The Morgan fingerprint density at radius 3 is 2.27 bits per heavy atom. The highest BCUT2D eigenvalue weighted by Gasteiger charge is 2.19. The first-order valence-corrected chi connectivity index (χ1v) is 3.91. The predicted molar refractivity (Wildman–Crippen MR) is 46.1 cm³/mol. The van der Waals surface area contributed by atoms with Gasteiger partial charge in [-0.15, -0.1) is 0 Å². The molecule has 0 aromatic heterocycles. The van der Waals surface area contributed by atoms with E-state index in [4.69, 9.17) is 5.73 Å². The van der Waals surface area contributed by atoms with Gasteiger partial charge in [0, 0.05) is 18.0 Å². The Morgan fingerprint density at radius 1 is 1.55 bits per heavy atom. The fraction of sp³-hybridized carbons (Fsp3) is 0.875. The molecule has 0 aromatic carbocycles. The van der Waals surface area contributed by atoms with Gasteiger partial charge in [-0.2, -0.15) is 0 Å². The van der Waals surface area contributed by atoms with Crippen LogP contribution in [-0.2, 0) is 4.79 Å². The summed E-state index contributed by atoms with van der Waals surface area (Å²) in [6.07, 6.45) is 0. The monoisotopic (exact) mass is 158 g/mol. The third-order valence-corrected chi connectivity index (χ3v) is 1.50. The molecule has 0 saturated heterocycles. The Hall–Kier alpha value is -0.570. The standard InChI is InChI=1S/C8H18N2O/c1-6(2)7(11)10-8(3,4)5-9/h6H,5,9H2,1-4H3,(H,10,11). The van der Waals surface area contributed by atoms with Crippen LogP contribution < -0.4 is 11.1 Å². The molecule has 0 rings (SSSR count). The first-order valence-electron chi connectivity index (χ1n) is 3.91. The van der Waals surface area contributed by atoms with Crippen molar-refractivity contribution >= 4 is 5.91 Å². The fourth-order valence-electron chi connectivity index (χ4n) is 0.529. The zero-order valence-electron chi connectivity index (χ0n) is 7.77. The molecule has 0 aliphatic carbocycles. The van der Waals surface area contributed by atoms with Gasteiger partial charge in [0.15, 0.2) is 0 Å². The van der Waals surface area contributed by atoms with Gasteiger partial charge in [-0.3, -0.25) is 4.79 Å². The van der Waals surface area contributed by atoms with Gasteiger partial charge in [0.25, 0.3) is 0 Å². The minimum Gasteiger partial charge on any atom is -0.350 e. The van der Waals surface area contributed by atoms with Gasteiger partial charge < -0.3 is 11.1 Å². The quantitative estimate of drug-likeness (QED) is 0.628. The first-order chi connectivity index (χ1) is 4.89. The molecular weight excluding hydrogens is 140 g/mol. The van der Waals surface area contributed by atoms with Crippen molar-refractivity contribution in [3.63, 3.8) is 0 Å². The second kappa shape index (κ2) is 3.72. The number of hydrogen-bond acceptors (Lipinski definition) is 2. The zero-order valence-corrected chi connectivity index (χ0v) is 7.77. The Labute approximate surface area is 68.3 Å². The molecule has 0 heterocycles. The largest absolute Gasteiger partial charge is 0.350 e. The van der Waals surface area contributed by atoms with Crippen molar-refractivity contribution in [2.45, 2.75) is 33.2 Å². The fourth-order valence-corrected chi connectivity index (χ4v) is 0.529. The van der Waals surface area contributed by atoms with Crippen LogP contribution in [0.25, 0.3) is 0 Å². The van der Waals surface area contributed by atoms with Crippen molar-refractivity contribution in [3.05, 3.63) is 0 Å². The van der Waals surface area contributed by atoms with E-state index in [1.165, 1.54) is 0 Å². The van der Waals surface area contributed by atoms with Crippen LogP contribution in [0.2, 0.25) is 0 Å². The number of rotatable bonds is 3. The average Bonchev–Trinajstić information content (AvgIpc) is 1.87. The third-order valence-electron chi connectivity index (χ3n) is 1.50. The summed E-state index contributed by atoms with van der Waals surface area (Å²) < 4.78 is 0. The van der Waals surface area contributed by atoms with Crippen LogP contribution in [0.1, 0.15) is 27.7 Å². The van der Waals surface area contributed by atoms with E-state index < -0.39 is 0 Å². The first kappa shape index (κ1) is 10.4. The van der Waals surface area contributed by atoms with Crippen molar-refractivity contribution in [2.75, 3.05) is 6.54 Å². The number of nitrogens with one attached hydrogen (secondary N) is 1. The lowest BCUT2D eigenvalue weighted by Gasteiger charge is -2.25. The van der Waals surface area contributed by atoms with E-state index in [1.54, 1.807) is 0 Å². The van der Waals surface area contributed by atoms with E-state index in [-0.39, 0.29) is 17.4 Å². The molecular formula is C8H18N2O. The van der Waals surface area contributed by atoms with Gasteiger partial charge in [-0.05, 0) is 13.8 Å². The van der Waals surface area contributed by atoms with E-state index in [0.29, 0.717) is 6.54 Å². The molecule has 66 valence electrons. The number of nitrogens with two attached hydrogens (primary N) is 1. The predicted octanol–water partition coefficient (Wildman–Crippen LogP) is 0.496. The highest BCUT2D eigenvalue weighted by atomic mass is 16.2. The summed E-state index contributed by atoms with van der Waals surface area (Å²) in [4.78, 5) is 11.2. The summed E-state index contributed by atoms with van der Waals surface area (Å²) >= 11 is 0. The Balaban J connectivity index is 3.94. The zero-order chi connectivity index (χ0) is 9.07.